The van der Waals surface area contributed by atoms with Gasteiger partial charge in [0.2, 0.25) is 0 Å². The van der Waals surface area contributed by atoms with Crippen molar-refractivity contribution in [2.24, 2.45) is 5.92 Å². The summed E-state index contributed by atoms with van der Waals surface area (Å²) in [4.78, 5) is 11.6. The Balaban J connectivity index is 1.84. The van der Waals surface area contributed by atoms with Crippen LogP contribution in [0.15, 0.2) is 0 Å². The van der Waals surface area contributed by atoms with E-state index >= 15 is 0 Å². The zero-order chi connectivity index (χ0) is 14.6. The first-order valence-electron chi connectivity index (χ1n) is 7.47. The standard InChI is InChI=1S/C13H24N2O4S/c1-2-19-13(16)11-7-9-15(10-8-11)20(17,18)14-12-5-3-4-6-12/h11-12,14H,2-10H2,1H3. The van der Waals surface area contributed by atoms with E-state index in [1.807, 2.05) is 0 Å². The summed E-state index contributed by atoms with van der Waals surface area (Å²) in [6.07, 6.45) is 5.14. The Kier molecular flexibility index (Phi) is 5.40. The minimum atomic E-state index is -3.40. The Bertz CT molecular complexity index is 424. The molecule has 6 nitrogen and oxygen atoms in total. The van der Waals surface area contributed by atoms with E-state index in [0.29, 0.717) is 32.5 Å². The predicted octanol–water partition coefficient (Wildman–Crippen LogP) is 1.04. The van der Waals surface area contributed by atoms with Gasteiger partial charge in [0.1, 0.15) is 0 Å². The zero-order valence-electron chi connectivity index (χ0n) is 12.0. The van der Waals surface area contributed by atoms with Crippen molar-refractivity contribution in [3.05, 3.63) is 0 Å². The van der Waals surface area contributed by atoms with Gasteiger partial charge in [-0.05, 0) is 32.6 Å². The van der Waals surface area contributed by atoms with E-state index in [9.17, 15) is 13.2 Å². The first-order valence-corrected chi connectivity index (χ1v) is 8.91. The van der Waals surface area contributed by atoms with E-state index in [0.717, 1.165) is 25.7 Å². The third-order valence-electron chi connectivity index (χ3n) is 4.08. The lowest BCUT2D eigenvalue weighted by Crippen LogP contribution is -2.48. The highest BCUT2D eigenvalue weighted by Crippen LogP contribution is 2.23. The molecule has 2 rings (SSSR count). The Morgan fingerprint density at radius 2 is 1.80 bits per heavy atom. The molecule has 1 saturated heterocycles. The van der Waals surface area contributed by atoms with E-state index in [1.54, 1.807) is 6.92 Å². The first-order chi connectivity index (χ1) is 9.53. The molecule has 1 saturated carbocycles. The van der Waals surface area contributed by atoms with Gasteiger partial charge in [-0.25, -0.2) is 0 Å². The highest BCUT2D eigenvalue weighted by Gasteiger charge is 2.33. The molecule has 1 heterocycles. The van der Waals surface area contributed by atoms with Crippen molar-refractivity contribution in [3.63, 3.8) is 0 Å². The monoisotopic (exact) mass is 304 g/mol. The number of esters is 1. The number of nitrogens with zero attached hydrogens (tertiary/aromatic N) is 1. The normalized spacial score (nSPS) is 23.1. The van der Waals surface area contributed by atoms with Gasteiger partial charge in [-0.2, -0.15) is 17.4 Å². The molecule has 116 valence electrons. The predicted molar refractivity (Wildman–Crippen MR) is 75.2 cm³/mol. The molecule has 0 spiro atoms. The number of hydrogen-bond acceptors (Lipinski definition) is 4. The molecule has 0 aromatic rings. The Morgan fingerprint density at radius 3 is 2.35 bits per heavy atom. The molecule has 1 N–H and O–H groups in total. The summed E-state index contributed by atoms with van der Waals surface area (Å²) in [5.74, 6) is -0.360. The van der Waals surface area contributed by atoms with Gasteiger partial charge in [0, 0.05) is 19.1 Å². The van der Waals surface area contributed by atoms with E-state index in [1.165, 1.54) is 4.31 Å². The van der Waals surface area contributed by atoms with Crippen LogP contribution in [0.2, 0.25) is 0 Å². The van der Waals surface area contributed by atoms with E-state index < -0.39 is 10.2 Å². The van der Waals surface area contributed by atoms with Crippen LogP contribution in [-0.2, 0) is 19.7 Å². The smallest absolute Gasteiger partial charge is 0.309 e. The Hall–Kier alpha value is -0.660. The topological polar surface area (TPSA) is 75.7 Å². The number of ether oxygens (including phenoxy) is 1. The quantitative estimate of drug-likeness (QED) is 0.770. The van der Waals surface area contributed by atoms with Gasteiger partial charge < -0.3 is 4.74 Å². The number of carbonyl (C=O) groups is 1. The summed E-state index contributed by atoms with van der Waals surface area (Å²) in [6, 6.07) is 0.0859. The van der Waals surface area contributed by atoms with E-state index in [4.69, 9.17) is 4.74 Å². The van der Waals surface area contributed by atoms with Crippen LogP contribution >= 0.6 is 0 Å². The van der Waals surface area contributed by atoms with Gasteiger partial charge in [-0.15, -0.1) is 0 Å². The molecular formula is C13H24N2O4S. The van der Waals surface area contributed by atoms with Gasteiger partial charge in [0.25, 0.3) is 10.2 Å². The van der Waals surface area contributed by atoms with Crippen LogP contribution in [0.5, 0.6) is 0 Å². The molecule has 0 radical (unpaired) electrons. The van der Waals surface area contributed by atoms with E-state index in [-0.39, 0.29) is 17.9 Å². The lowest BCUT2D eigenvalue weighted by Gasteiger charge is -2.31. The van der Waals surface area contributed by atoms with Crippen molar-refractivity contribution in [2.75, 3.05) is 19.7 Å². The molecule has 7 heteroatoms. The van der Waals surface area contributed by atoms with Gasteiger partial charge in [-0.1, -0.05) is 12.8 Å². The number of rotatable bonds is 5. The van der Waals surface area contributed by atoms with Gasteiger partial charge in [-0.3, -0.25) is 4.79 Å². The van der Waals surface area contributed by atoms with Gasteiger partial charge >= 0.3 is 5.97 Å². The molecule has 1 aliphatic carbocycles. The second-order valence-electron chi connectivity index (χ2n) is 5.53. The maximum atomic E-state index is 12.2. The summed E-state index contributed by atoms with van der Waals surface area (Å²) in [6.45, 7) is 2.95. The van der Waals surface area contributed by atoms with Crippen LogP contribution in [0.25, 0.3) is 0 Å². The fourth-order valence-corrected chi connectivity index (χ4v) is 4.42. The molecule has 0 aromatic carbocycles. The average molecular weight is 304 g/mol. The van der Waals surface area contributed by atoms with Crippen LogP contribution in [0.1, 0.15) is 45.4 Å². The number of carbonyl (C=O) groups excluding carboxylic acids is 1. The summed E-state index contributed by atoms with van der Waals surface area (Å²) in [5.41, 5.74) is 0. The molecule has 0 bridgehead atoms. The van der Waals surface area contributed by atoms with Crippen LogP contribution in [0.3, 0.4) is 0 Å². The summed E-state index contributed by atoms with van der Waals surface area (Å²) in [7, 11) is -3.40. The number of nitrogens with one attached hydrogen (secondary N) is 1. The van der Waals surface area contributed by atoms with Gasteiger partial charge in [0.15, 0.2) is 0 Å². The second kappa shape index (κ2) is 6.87. The Morgan fingerprint density at radius 1 is 1.20 bits per heavy atom. The van der Waals surface area contributed by atoms with Crippen LogP contribution < -0.4 is 4.72 Å². The maximum absolute atomic E-state index is 12.2. The van der Waals surface area contributed by atoms with Crippen LogP contribution in [0, 0.1) is 5.92 Å². The average Bonchev–Trinajstić information content (AvgIpc) is 2.91. The highest BCUT2D eigenvalue weighted by atomic mass is 32.2. The van der Waals surface area contributed by atoms with Crippen molar-refractivity contribution in [2.45, 2.75) is 51.5 Å². The Labute approximate surface area is 121 Å². The highest BCUT2D eigenvalue weighted by molar-refractivity contribution is 7.87. The lowest BCUT2D eigenvalue weighted by atomic mass is 9.98. The van der Waals surface area contributed by atoms with Gasteiger partial charge in [0.05, 0.1) is 12.5 Å². The minimum absolute atomic E-state index is 0.0859. The summed E-state index contributed by atoms with van der Waals surface area (Å²) in [5, 5.41) is 0. The second-order valence-corrected chi connectivity index (χ2v) is 7.23. The molecule has 0 aromatic heterocycles. The number of piperidine rings is 1. The number of hydrogen-bond donors (Lipinski definition) is 1. The maximum Gasteiger partial charge on any atom is 0.309 e. The van der Waals surface area contributed by atoms with E-state index in [2.05, 4.69) is 4.72 Å². The molecule has 0 amide bonds. The third-order valence-corrected chi connectivity index (χ3v) is 5.76. The molecule has 1 aliphatic heterocycles. The van der Waals surface area contributed by atoms with Crippen molar-refractivity contribution in [1.29, 1.82) is 0 Å². The molecule has 2 fully saturated rings. The minimum Gasteiger partial charge on any atom is -0.466 e. The summed E-state index contributed by atoms with van der Waals surface area (Å²) < 4.78 is 33.7. The van der Waals surface area contributed by atoms with Crippen molar-refractivity contribution >= 4 is 16.2 Å². The molecular weight excluding hydrogens is 280 g/mol. The van der Waals surface area contributed by atoms with Crippen molar-refractivity contribution < 1.29 is 17.9 Å². The van der Waals surface area contributed by atoms with Crippen LogP contribution in [0.4, 0.5) is 0 Å². The SMILES string of the molecule is CCOC(=O)C1CCN(S(=O)(=O)NC2CCCC2)CC1. The zero-order valence-corrected chi connectivity index (χ0v) is 12.8. The molecule has 20 heavy (non-hydrogen) atoms. The third kappa shape index (κ3) is 3.93. The fourth-order valence-electron chi connectivity index (χ4n) is 2.92. The largest absolute Gasteiger partial charge is 0.466 e. The first kappa shape index (κ1) is 15.7. The summed E-state index contributed by atoms with van der Waals surface area (Å²) >= 11 is 0. The lowest BCUT2D eigenvalue weighted by molar-refractivity contribution is -0.149. The van der Waals surface area contributed by atoms with Crippen molar-refractivity contribution in [1.82, 2.24) is 9.03 Å². The van der Waals surface area contributed by atoms with Crippen molar-refractivity contribution in [3.8, 4) is 0 Å². The fraction of sp³-hybridized carbons (Fsp3) is 0.923. The molecule has 0 atom stereocenters. The molecule has 0 unspecified atom stereocenters. The van der Waals surface area contributed by atoms with Crippen LogP contribution in [-0.4, -0.2) is 44.4 Å². The molecule has 2 aliphatic rings.